The molecule has 0 aliphatic rings. The molecule has 1 rings (SSSR count). The van der Waals surface area contributed by atoms with Crippen molar-refractivity contribution in [1.29, 1.82) is 5.26 Å². The molecule has 0 fully saturated rings. The molecule has 6 nitrogen and oxygen atoms in total. The van der Waals surface area contributed by atoms with Gasteiger partial charge in [0.1, 0.15) is 12.6 Å². The highest BCUT2D eigenvalue weighted by molar-refractivity contribution is 5.51. The zero-order valence-electron chi connectivity index (χ0n) is 11.0. The Balaban J connectivity index is 2.77. The van der Waals surface area contributed by atoms with Crippen molar-refractivity contribution in [2.24, 2.45) is 0 Å². The van der Waals surface area contributed by atoms with Gasteiger partial charge in [0, 0.05) is 6.07 Å². The molecule has 0 aliphatic carbocycles. The van der Waals surface area contributed by atoms with E-state index in [0.717, 1.165) is 6.42 Å². The van der Waals surface area contributed by atoms with E-state index in [1.807, 2.05) is 6.92 Å². The topological polar surface area (TPSA) is 88.2 Å². The van der Waals surface area contributed by atoms with Gasteiger partial charge in [-0.05, 0) is 25.5 Å². The molecule has 6 heteroatoms. The lowest BCUT2D eigenvalue weighted by Crippen LogP contribution is -2.33. The van der Waals surface area contributed by atoms with E-state index in [1.165, 1.54) is 6.07 Å². The average molecular weight is 263 g/mol. The first-order chi connectivity index (χ1) is 9.10. The normalized spacial score (nSPS) is 11.6. The SMILES string of the molecule is CCCNC(C#N)COc1c(C)cccc1[N+](=O)[O-]. The Bertz CT molecular complexity index is 483. The number of ether oxygens (including phenoxy) is 1. The second-order valence-electron chi connectivity index (χ2n) is 4.13. The molecule has 1 atom stereocenters. The van der Waals surface area contributed by atoms with Crippen LogP contribution in [0.1, 0.15) is 18.9 Å². The zero-order chi connectivity index (χ0) is 14.3. The van der Waals surface area contributed by atoms with Crippen LogP contribution >= 0.6 is 0 Å². The Morgan fingerprint density at radius 3 is 2.89 bits per heavy atom. The molecule has 1 N–H and O–H groups in total. The van der Waals surface area contributed by atoms with E-state index in [9.17, 15) is 10.1 Å². The van der Waals surface area contributed by atoms with Gasteiger partial charge in [0.2, 0.25) is 0 Å². The maximum Gasteiger partial charge on any atom is 0.311 e. The van der Waals surface area contributed by atoms with Gasteiger partial charge in [0.05, 0.1) is 11.0 Å². The summed E-state index contributed by atoms with van der Waals surface area (Å²) in [4.78, 5) is 10.4. The van der Waals surface area contributed by atoms with E-state index in [4.69, 9.17) is 10.00 Å². The predicted molar refractivity (Wildman–Crippen MR) is 71.0 cm³/mol. The number of benzene rings is 1. The van der Waals surface area contributed by atoms with Crippen LogP contribution in [0.5, 0.6) is 5.75 Å². The largest absolute Gasteiger partial charge is 0.484 e. The van der Waals surface area contributed by atoms with Crippen molar-refractivity contribution in [1.82, 2.24) is 5.32 Å². The van der Waals surface area contributed by atoms with Crippen LogP contribution < -0.4 is 10.1 Å². The van der Waals surface area contributed by atoms with Crippen molar-refractivity contribution in [3.63, 3.8) is 0 Å². The summed E-state index contributed by atoms with van der Waals surface area (Å²) in [5.41, 5.74) is 0.605. The van der Waals surface area contributed by atoms with Crippen LogP contribution in [0.15, 0.2) is 18.2 Å². The van der Waals surface area contributed by atoms with Crippen molar-refractivity contribution in [2.45, 2.75) is 26.3 Å². The van der Waals surface area contributed by atoms with Crippen LogP contribution in [0.25, 0.3) is 0 Å². The maximum atomic E-state index is 10.9. The molecule has 102 valence electrons. The fraction of sp³-hybridized carbons (Fsp3) is 0.462. The molecule has 0 amide bonds. The molecule has 0 aromatic heterocycles. The third-order valence-electron chi connectivity index (χ3n) is 2.58. The molecule has 0 heterocycles. The number of hydrogen-bond donors (Lipinski definition) is 1. The van der Waals surface area contributed by atoms with Crippen molar-refractivity contribution in [3.8, 4) is 11.8 Å². The number of para-hydroxylation sites is 1. The van der Waals surface area contributed by atoms with Gasteiger partial charge in [-0.1, -0.05) is 19.1 Å². The van der Waals surface area contributed by atoms with Crippen LogP contribution in [0, 0.1) is 28.4 Å². The van der Waals surface area contributed by atoms with Crippen LogP contribution in [0.2, 0.25) is 0 Å². The smallest absolute Gasteiger partial charge is 0.311 e. The van der Waals surface area contributed by atoms with E-state index in [-0.39, 0.29) is 18.0 Å². The second kappa shape index (κ2) is 7.34. The summed E-state index contributed by atoms with van der Waals surface area (Å²) < 4.78 is 5.45. The quantitative estimate of drug-likeness (QED) is 0.601. The maximum absolute atomic E-state index is 10.9. The number of nitriles is 1. The number of nitro groups is 1. The Morgan fingerprint density at radius 1 is 1.58 bits per heavy atom. The standard InChI is InChI=1S/C13H17N3O3/c1-3-7-15-11(8-14)9-19-13-10(2)5-4-6-12(13)16(17)18/h4-6,11,15H,3,7,9H2,1-2H3. The summed E-state index contributed by atoms with van der Waals surface area (Å²) in [7, 11) is 0. The number of hydrogen-bond acceptors (Lipinski definition) is 5. The average Bonchev–Trinajstić information content (AvgIpc) is 2.40. The summed E-state index contributed by atoms with van der Waals surface area (Å²) in [6.07, 6.45) is 0.905. The fourth-order valence-electron chi connectivity index (χ4n) is 1.60. The van der Waals surface area contributed by atoms with Gasteiger partial charge in [-0.2, -0.15) is 5.26 Å². The summed E-state index contributed by atoms with van der Waals surface area (Å²) >= 11 is 0. The predicted octanol–water partition coefficient (Wildman–Crippen LogP) is 2.17. The molecule has 1 aromatic rings. The Kier molecular flexibility index (Phi) is 5.76. The molecule has 19 heavy (non-hydrogen) atoms. The van der Waals surface area contributed by atoms with Gasteiger partial charge in [0.15, 0.2) is 5.75 Å². The number of nitrogens with zero attached hydrogens (tertiary/aromatic N) is 2. The van der Waals surface area contributed by atoms with Crippen molar-refractivity contribution < 1.29 is 9.66 Å². The lowest BCUT2D eigenvalue weighted by Gasteiger charge is -2.13. The van der Waals surface area contributed by atoms with Gasteiger partial charge in [-0.25, -0.2) is 0 Å². The Labute approximate surface area is 112 Å². The summed E-state index contributed by atoms with van der Waals surface area (Å²) in [5.74, 6) is 0.228. The molecule has 0 radical (unpaired) electrons. The van der Waals surface area contributed by atoms with Crippen LogP contribution in [0.4, 0.5) is 5.69 Å². The summed E-state index contributed by atoms with van der Waals surface area (Å²) in [6.45, 7) is 4.53. The first-order valence-corrected chi connectivity index (χ1v) is 6.10. The lowest BCUT2D eigenvalue weighted by atomic mass is 10.2. The highest BCUT2D eigenvalue weighted by atomic mass is 16.6. The fourth-order valence-corrected chi connectivity index (χ4v) is 1.60. The Morgan fingerprint density at radius 2 is 2.32 bits per heavy atom. The third kappa shape index (κ3) is 4.23. The third-order valence-corrected chi connectivity index (χ3v) is 2.58. The minimum absolute atomic E-state index is 0.0767. The van der Waals surface area contributed by atoms with Gasteiger partial charge < -0.3 is 4.74 Å². The number of rotatable bonds is 7. The van der Waals surface area contributed by atoms with E-state index < -0.39 is 11.0 Å². The second-order valence-corrected chi connectivity index (χ2v) is 4.13. The first-order valence-electron chi connectivity index (χ1n) is 6.10. The van der Waals surface area contributed by atoms with Crippen molar-refractivity contribution in [3.05, 3.63) is 33.9 Å². The van der Waals surface area contributed by atoms with Crippen LogP contribution in [0.3, 0.4) is 0 Å². The lowest BCUT2D eigenvalue weighted by molar-refractivity contribution is -0.385. The summed E-state index contributed by atoms with van der Waals surface area (Å²) in [5, 5.41) is 22.9. The van der Waals surface area contributed by atoms with Crippen molar-refractivity contribution in [2.75, 3.05) is 13.2 Å². The molecule has 0 aliphatic heterocycles. The van der Waals surface area contributed by atoms with Crippen molar-refractivity contribution >= 4 is 5.69 Å². The molecule has 0 saturated carbocycles. The first kappa shape index (κ1) is 14.9. The van der Waals surface area contributed by atoms with Crippen LogP contribution in [-0.4, -0.2) is 24.1 Å². The minimum atomic E-state index is -0.483. The molecule has 0 spiro atoms. The van der Waals surface area contributed by atoms with E-state index in [1.54, 1.807) is 19.1 Å². The van der Waals surface area contributed by atoms with Gasteiger partial charge in [-0.3, -0.25) is 15.4 Å². The van der Waals surface area contributed by atoms with Gasteiger partial charge >= 0.3 is 5.69 Å². The number of nitro benzene ring substituents is 1. The van der Waals surface area contributed by atoms with E-state index in [2.05, 4.69) is 11.4 Å². The molecular formula is C13H17N3O3. The Hall–Kier alpha value is -2.13. The molecule has 1 unspecified atom stereocenters. The highest BCUT2D eigenvalue weighted by Crippen LogP contribution is 2.30. The molecular weight excluding hydrogens is 246 g/mol. The van der Waals surface area contributed by atoms with Gasteiger partial charge in [-0.15, -0.1) is 0 Å². The van der Waals surface area contributed by atoms with Crippen LogP contribution in [-0.2, 0) is 0 Å². The number of nitrogens with one attached hydrogen (secondary N) is 1. The monoisotopic (exact) mass is 263 g/mol. The zero-order valence-corrected chi connectivity index (χ0v) is 11.0. The van der Waals surface area contributed by atoms with E-state index in [0.29, 0.717) is 12.1 Å². The molecule has 1 aromatic carbocycles. The summed E-state index contributed by atoms with van der Waals surface area (Å²) in [6, 6.07) is 6.34. The number of aryl methyl sites for hydroxylation is 1. The molecule has 0 bridgehead atoms. The highest BCUT2D eigenvalue weighted by Gasteiger charge is 2.18. The minimum Gasteiger partial charge on any atom is -0.484 e. The molecule has 0 saturated heterocycles. The van der Waals surface area contributed by atoms with E-state index >= 15 is 0 Å². The van der Waals surface area contributed by atoms with Gasteiger partial charge in [0.25, 0.3) is 0 Å².